The summed E-state index contributed by atoms with van der Waals surface area (Å²) in [5.41, 5.74) is -0.123. The van der Waals surface area contributed by atoms with Gasteiger partial charge in [-0.1, -0.05) is 45.0 Å². The van der Waals surface area contributed by atoms with Crippen LogP contribution >= 0.6 is 0 Å². The monoisotopic (exact) mass is 224 g/mol. The lowest BCUT2D eigenvalue weighted by Crippen LogP contribution is -2.02. The fourth-order valence-electron chi connectivity index (χ4n) is 0.982. The molecule has 0 fully saturated rings. The maximum absolute atomic E-state index is 11.8. The van der Waals surface area contributed by atoms with Crippen molar-refractivity contribution >= 4 is 9.84 Å². The van der Waals surface area contributed by atoms with E-state index in [4.69, 9.17) is 0 Å². The van der Waals surface area contributed by atoms with Gasteiger partial charge in [0.15, 0.2) is 9.84 Å². The lowest BCUT2D eigenvalue weighted by Gasteiger charge is -2.10. The molecule has 0 spiro atoms. The van der Waals surface area contributed by atoms with Gasteiger partial charge in [0.25, 0.3) is 0 Å². The zero-order valence-corrected chi connectivity index (χ0v) is 10.1. The first-order valence-corrected chi connectivity index (χ1v) is 6.35. The molecule has 0 aliphatic heterocycles. The van der Waals surface area contributed by atoms with Gasteiger partial charge in [-0.25, -0.2) is 8.42 Å². The lowest BCUT2D eigenvalue weighted by atomic mass is 9.98. The summed E-state index contributed by atoms with van der Waals surface area (Å²) in [6, 6.07) is 8.44. The number of hydrogen-bond acceptors (Lipinski definition) is 2. The second-order valence-corrected chi connectivity index (χ2v) is 6.36. The minimum atomic E-state index is -3.27. The smallest absolute Gasteiger partial charge is 0.199 e. The van der Waals surface area contributed by atoms with E-state index in [2.05, 4.69) is 0 Å². The Balaban J connectivity index is 3.01. The first kappa shape index (κ1) is 12.0. The zero-order chi connectivity index (χ0) is 11.5. The average Bonchev–Trinajstić information content (AvgIpc) is 2.16. The summed E-state index contributed by atoms with van der Waals surface area (Å²) in [6.45, 7) is 5.89. The molecular weight excluding hydrogens is 208 g/mol. The van der Waals surface area contributed by atoms with Crippen molar-refractivity contribution in [3.63, 3.8) is 0 Å². The van der Waals surface area contributed by atoms with E-state index < -0.39 is 9.84 Å². The molecule has 82 valence electrons. The van der Waals surface area contributed by atoms with E-state index in [-0.39, 0.29) is 5.41 Å². The molecule has 1 aromatic carbocycles. The second-order valence-electron chi connectivity index (χ2n) is 4.53. The number of rotatable bonds is 2. The van der Waals surface area contributed by atoms with Crippen molar-refractivity contribution in [2.24, 2.45) is 5.41 Å². The van der Waals surface area contributed by atoms with E-state index in [1.54, 1.807) is 36.4 Å². The normalized spacial score (nSPS) is 13.3. The summed E-state index contributed by atoms with van der Waals surface area (Å²) in [5.74, 6) is 0. The van der Waals surface area contributed by atoms with Crippen LogP contribution in [0.3, 0.4) is 0 Å². The van der Waals surface area contributed by atoms with E-state index in [0.717, 1.165) is 0 Å². The first-order valence-electron chi connectivity index (χ1n) is 4.81. The second kappa shape index (κ2) is 4.19. The number of benzene rings is 1. The van der Waals surface area contributed by atoms with E-state index in [0.29, 0.717) is 4.90 Å². The van der Waals surface area contributed by atoms with E-state index in [9.17, 15) is 8.42 Å². The average molecular weight is 224 g/mol. The molecular formula is C12H16O2S. The van der Waals surface area contributed by atoms with Crippen molar-refractivity contribution in [3.05, 3.63) is 41.8 Å². The Morgan fingerprint density at radius 1 is 1.07 bits per heavy atom. The molecule has 0 amide bonds. The fourth-order valence-corrected chi connectivity index (χ4v) is 2.26. The predicted molar refractivity (Wildman–Crippen MR) is 62.2 cm³/mol. The summed E-state index contributed by atoms with van der Waals surface area (Å²) >= 11 is 0. The molecule has 1 rings (SSSR count). The van der Waals surface area contributed by atoms with Gasteiger partial charge in [-0.05, 0) is 17.5 Å². The van der Waals surface area contributed by atoms with Crippen molar-refractivity contribution in [2.45, 2.75) is 25.7 Å². The summed E-state index contributed by atoms with van der Waals surface area (Å²) in [4.78, 5) is 0.338. The van der Waals surface area contributed by atoms with Gasteiger partial charge in [0.1, 0.15) is 0 Å². The highest BCUT2D eigenvalue weighted by Gasteiger charge is 2.11. The van der Waals surface area contributed by atoms with Crippen molar-refractivity contribution in [1.82, 2.24) is 0 Å². The topological polar surface area (TPSA) is 34.1 Å². The summed E-state index contributed by atoms with van der Waals surface area (Å²) in [5, 5.41) is 1.28. The molecule has 3 heteroatoms. The maximum atomic E-state index is 11.8. The van der Waals surface area contributed by atoms with Gasteiger partial charge in [0.05, 0.1) is 4.90 Å². The highest BCUT2D eigenvalue weighted by molar-refractivity contribution is 7.94. The van der Waals surface area contributed by atoms with E-state index >= 15 is 0 Å². The largest absolute Gasteiger partial charge is 0.219 e. The molecule has 0 aliphatic rings. The number of allylic oxidation sites excluding steroid dienone is 1. The van der Waals surface area contributed by atoms with Crippen molar-refractivity contribution in [1.29, 1.82) is 0 Å². The first-order chi connectivity index (χ1) is 6.81. The number of hydrogen-bond donors (Lipinski definition) is 0. The molecule has 0 saturated heterocycles. The van der Waals surface area contributed by atoms with Crippen LogP contribution in [-0.2, 0) is 9.84 Å². The van der Waals surface area contributed by atoms with Gasteiger partial charge in [0.2, 0.25) is 0 Å². The van der Waals surface area contributed by atoms with Gasteiger partial charge in [0, 0.05) is 5.41 Å². The highest BCUT2D eigenvalue weighted by atomic mass is 32.2. The molecule has 0 bridgehead atoms. The van der Waals surface area contributed by atoms with Crippen LogP contribution in [0.25, 0.3) is 0 Å². The predicted octanol–water partition coefficient (Wildman–Crippen LogP) is 3.02. The Kier molecular flexibility index (Phi) is 3.35. The third kappa shape index (κ3) is 3.88. The molecule has 0 aliphatic carbocycles. The summed E-state index contributed by atoms with van der Waals surface area (Å²) in [7, 11) is -3.27. The summed E-state index contributed by atoms with van der Waals surface area (Å²) < 4.78 is 23.6. The standard InChI is InChI=1S/C12H16O2S/c1-12(2,3)9-10-15(13,14)11-7-5-4-6-8-11/h4-10H,1-3H3/b10-9+. The fraction of sp³-hybridized carbons (Fsp3) is 0.333. The van der Waals surface area contributed by atoms with Gasteiger partial charge in [-0.15, -0.1) is 0 Å². The van der Waals surface area contributed by atoms with Gasteiger partial charge < -0.3 is 0 Å². The maximum Gasteiger partial charge on any atom is 0.199 e. The molecule has 0 N–H and O–H groups in total. The SMILES string of the molecule is CC(C)(C)/C=C/S(=O)(=O)c1ccccc1. The minimum Gasteiger partial charge on any atom is -0.219 e. The molecule has 1 aromatic rings. The molecule has 2 nitrogen and oxygen atoms in total. The highest BCUT2D eigenvalue weighted by Crippen LogP contribution is 2.18. The van der Waals surface area contributed by atoms with Crippen LogP contribution in [0.1, 0.15) is 20.8 Å². The van der Waals surface area contributed by atoms with E-state index in [1.165, 1.54) is 5.41 Å². The molecule has 0 aromatic heterocycles. The minimum absolute atomic E-state index is 0.123. The van der Waals surface area contributed by atoms with Gasteiger partial charge in [-0.3, -0.25) is 0 Å². The summed E-state index contributed by atoms with van der Waals surface area (Å²) in [6.07, 6.45) is 1.70. The third-order valence-electron chi connectivity index (χ3n) is 1.82. The zero-order valence-electron chi connectivity index (χ0n) is 9.27. The van der Waals surface area contributed by atoms with Crippen LogP contribution in [-0.4, -0.2) is 8.42 Å². The van der Waals surface area contributed by atoms with Gasteiger partial charge >= 0.3 is 0 Å². The Morgan fingerprint density at radius 2 is 1.60 bits per heavy atom. The van der Waals surface area contributed by atoms with Crippen molar-refractivity contribution in [3.8, 4) is 0 Å². The Labute approximate surface area is 91.6 Å². The van der Waals surface area contributed by atoms with Crippen LogP contribution in [0.5, 0.6) is 0 Å². The van der Waals surface area contributed by atoms with E-state index in [1.807, 2.05) is 20.8 Å². The Bertz CT molecular complexity index is 436. The van der Waals surface area contributed by atoms with Gasteiger partial charge in [-0.2, -0.15) is 0 Å². The van der Waals surface area contributed by atoms with Crippen LogP contribution in [0.15, 0.2) is 46.7 Å². The van der Waals surface area contributed by atoms with Crippen molar-refractivity contribution in [2.75, 3.05) is 0 Å². The number of sulfone groups is 1. The van der Waals surface area contributed by atoms with Crippen LogP contribution < -0.4 is 0 Å². The van der Waals surface area contributed by atoms with Crippen LogP contribution in [0.4, 0.5) is 0 Å². The van der Waals surface area contributed by atoms with Crippen LogP contribution in [0, 0.1) is 5.41 Å². The van der Waals surface area contributed by atoms with Crippen molar-refractivity contribution < 1.29 is 8.42 Å². The Morgan fingerprint density at radius 3 is 2.07 bits per heavy atom. The van der Waals surface area contributed by atoms with Crippen LogP contribution in [0.2, 0.25) is 0 Å². The lowest BCUT2D eigenvalue weighted by molar-refractivity contribution is 0.543. The third-order valence-corrected chi connectivity index (χ3v) is 3.24. The molecule has 15 heavy (non-hydrogen) atoms. The molecule has 0 atom stereocenters. The quantitative estimate of drug-likeness (QED) is 0.773. The molecule has 0 unspecified atom stereocenters. The molecule has 0 radical (unpaired) electrons. The Hall–Kier alpha value is -1.09. The molecule has 0 heterocycles. The molecule has 0 saturated carbocycles.